The van der Waals surface area contributed by atoms with Crippen LogP contribution in [0.2, 0.25) is 0 Å². The highest BCUT2D eigenvalue weighted by Gasteiger charge is 2.52. The summed E-state index contributed by atoms with van der Waals surface area (Å²) < 4.78 is 16.3. The van der Waals surface area contributed by atoms with Crippen molar-refractivity contribution in [2.45, 2.75) is 25.1 Å². The molecule has 1 unspecified atom stereocenters. The number of epoxide rings is 1. The van der Waals surface area contributed by atoms with Gasteiger partial charge in [0.25, 0.3) is 0 Å². The highest BCUT2D eigenvalue weighted by Crippen LogP contribution is 2.34. The first-order valence-electron chi connectivity index (χ1n) is 4.86. The summed E-state index contributed by atoms with van der Waals surface area (Å²) in [7, 11) is 0. The summed E-state index contributed by atoms with van der Waals surface area (Å²) in [6.45, 7) is 1.28. The van der Waals surface area contributed by atoms with Gasteiger partial charge in [-0.2, -0.15) is 0 Å². The number of fused-ring (bicyclic) bond motifs is 1. The van der Waals surface area contributed by atoms with E-state index < -0.39 is 0 Å². The molecule has 0 aromatic heterocycles. The van der Waals surface area contributed by atoms with Crippen molar-refractivity contribution in [2.24, 2.45) is 0 Å². The van der Waals surface area contributed by atoms with E-state index in [-0.39, 0.29) is 12.4 Å². The first kappa shape index (κ1) is 8.41. The zero-order chi connectivity index (χ0) is 9.38. The van der Waals surface area contributed by atoms with Crippen LogP contribution in [0.15, 0.2) is 30.3 Å². The first-order valence-corrected chi connectivity index (χ1v) is 4.86. The topological polar surface area (TPSA) is 31.0 Å². The lowest BCUT2D eigenvalue weighted by Crippen LogP contribution is -2.18. The highest BCUT2D eigenvalue weighted by atomic mass is 16.8. The molecular formula is C11H12O3. The fraction of sp³-hybridized carbons (Fsp3) is 0.455. The van der Waals surface area contributed by atoms with E-state index in [1.807, 2.05) is 30.3 Å². The lowest BCUT2D eigenvalue weighted by atomic mass is 10.2. The molecule has 2 saturated heterocycles. The van der Waals surface area contributed by atoms with Crippen molar-refractivity contribution in [3.05, 3.63) is 35.9 Å². The van der Waals surface area contributed by atoms with Gasteiger partial charge in [0, 0.05) is 0 Å². The standard InChI is InChI=1S/C11H12O3/c1-2-4-8(5-3-1)6-12-11-10-9(14-10)7-13-11/h1-5,9-11H,6-7H2/t9-,10-,11?/m0/s1. The van der Waals surface area contributed by atoms with Gasteiger partial charge in [-0.25, -0.2) is 0 Å². The Bertz CT molecular complexity index is 312. The molecule has 0 N–H and O–H groups in total. The molecule has 3 nitrogen and oxygen atoms in total. The Hall–Kier alpha value is -0.900. The quantitative estimate of drug-likeness (QED) is 0.677. The molecule has 2 aliphatic rings. The zero-order valence-corrected chi connectivity index (χ0v) is 7.76. The molecule has 3 rings (SSSR count). The van der Waals surface area contributed by atoms with Gasteiger partial charge < -0.3 is 14.2 Å². The van der Waals surface area contributed by atoms with Gasteiger partial charge in [0.05, 0.1) is 13.2 Å². The molecule has 0 aliphatic carbocycles. The van der Waals surface area contributed by atoms with Gasteiger partial charge in [-0.1, -0.05) is 30.3 Å². The largest absolute Gasteiger partial charge is 0.362 e. The molecule has 2 fully saturated rings. The average molecular weight is 192 g/mol. The molecule has 3 atom stereocenters. The third-order valence-electron chi connectivity index (χ3n) is 2.57. The summed E-state index contributed by atoms with van der Waals surface area (Å²) in [4.78, 5) is 0. The average Bonchev–Trinajstić information content (AvgIpc) is 2.92. The van der Waals surface area contributed by atoms with E-state index in [0.717, 1.165) is 0 Å². The number of hydrogen-bond acceptors (Lipinski definition) is 3. The predicted octanol–water partition coefficient (Wildman–Crippen LogP) is 1.33. The van der Waals surface area contributed by atoms with Gasteiger partial charge in [0.2, 0.25) is 0 Å². The fourth-order valence-electron chi connectivity index (χ4n) is 1.71. The van der Waals surface area contributed by atoms with Crippen LogP contribution in [-0.2, 0) is 20.8 Å². The maximum atomic E-state index is 5.60. The van der Waals surface area contributed by atoms with Crippen molar-refractivity contribution >= 4 is 0 Å². The molecule has 0 bridgehead atoms. The Labute approximate surface area is 82.6 Å². The first-order chi connectivity index (χ1) is 6.93. The molecule has 2 aliphatic heterocycles. The molecule has 2 heterocycles. The molecule has 0 spiro atoms. The molecule has 3 heteroatoms. The Morgan fingerprint density at radius 2 is 2.14 bits per heavy atom. The van der Waals surface area contributed by atoms with Crippen LogP contribution in [0.5, 0.6) is 0 Å². The highest BCUT2D eigenvalue weighted by molar-refractivity contribution is 5.13. The van der Waals surface area contributed by atoms with Crippen LogP contribution in [-0.4, -0.2) is 25.1 Å². The van der Waals surface area contributed by atoms with E-state index in [1.165, 1.54) is 5.56 Å². The monoisotopic (exact) mass is 192 g/mol. The van der Waals surface area contributed by atoms with Crippen molar-refractivity contribution in [2.75, 3.05) is 6.61 Å². The van der Waals surface area contributed by atoms with Gasteiger partial charge in [-0.3, -0.25) is 0 Å². The van der Waals surface area contributed by atoms with Crippen molar-refractivity contribution in [3.8, 4) is 0 Å². The summed E-state index contributed by atoms with van der Waals surface area (Å²) in [5, 5.41) is 0. The maximum absolute atomic E-state index is 5.60. The third-order valence-corrected chi connectivity index (χ3v) is 2.57. The smallest absolute Gasteiger partial charge is 0.186 e. The van der Waals surface area contributed by atoms with Crippen molar-refractivity contribution in [1.82, 2.24) is 0 Å². The minimum Gasteiger partial charge on any atom is -0.362 e. The lowest BCUT2D eigenvalue weighted by Gasteiger charge is -2.12. The second-order valence-corrected chi connectivity index (χ2v) is 3.64. The fourth-order valence-corrected chi connectivity index (χ4v) is 1.71. The molecule has 0 amide bonds. The second kappa shape index (κ2) is 3.35. The van der Waals surface area contributed by atoms with Crippen molar-refractivity contribution < 1.29 is 14.2 Å². The van der Waals surface area contributed by atoms with E-state index in [9.17, 15) is 0 Å². The Balaban J connectivity index is 1.54. The molecule has 1 aromatic carbocycles. The van der Waals surface area contributed by atoms with Crippen molar-refractivity contribution in [1.29, 1.82) is 0 Å². The molecule has 14 heavy (non-hydrogen) atoms. The zero-order valence-electron chi connectivity index (χ0n) is 7.76. The van der Waals surface area contributed by atoms with Gasteiger partial charge in [-0.15, -0.1) is 0 Å². The van der Waals surface area contributed by atoms with Gasteiger partial charge in [-0.05, 0) is 5.56 Å². The normalized spacial score (nSPS) is 34.1. The number of benzene rings is 1. The Morgan fingerprint density at radius 1 is 1.29 bits per heavy atom. The summed E-state index contributed by atoms with van der Waals surface area (Å²) in [6, 6.07) is 10.1. The van der Waals surface area contributed by atoms with Crippen LogP contribution in [0.25, 0.3) is 0 Å². The van der Waals surface area contributed by atoms with Crippen LogP contribution in [0.3, 0.4) is 0 Å². The summed E-state index contributed by atoms with van der Waals surface area (Å²) in [5.41, 5.74) is 1.17. The van der Waals surface area contributed by atoms with Gasteiger partial charge in [0.1, 0.15) is 12.2 Å². The number of rotatable bonds is 3. The van der Waals surface area contributed by atoms with Gasteiger partial charge in [0.15, 0.2) is 6.29 Å². The summed E-state index contributed by atoms with van der Waals surface area (Å²) >= 11 is 0. The van der Waals surface area contributed by atoms with Crippen LogP contribution in [0, 0.1) is 0 Å². The van der Waals surface area contributed by atoms with Crippen LogP contribution < -0.4 is 0 Å². The molecule has 74 valence electrons. The Morgan fingerprint density at radius 3 is 2.79 bits per heavy atom. The van der Waals surface area contributed by atoms with E-state index in [4.69, 9.17) is 14.2 Å². The maximum Gasteiger partial charge on any atom is 0.186 e. The van der Waals surface area contributed by atoms with E-state index in [0.29, 0.717) is 19.3 Å². The molecule has 0 radical (unpaired) electrons. The minimum atomic E-state index is -0.153. The van der Waals surface area contributed by atoms with E-state index in [1.54, 1.807) is 0 Å². The Kier molecular flexibility index (Phi) is 2.01. The SMILES string of the molecule is c1ccc(COC2OC[C@@H]3O[C@H]23)cc1. The van der Waals surface area contributed by atoms with E-state index >= 15 is 0 Å². The molecule has 0 saturated carbocycles. The predicted molar refractivity (Wildman–Crippen MR) is 49.6 cm³/mol. The number of hydrogen-bond donors (Lipinski definition) is 0. The molecule has 1 aromatic rings. The number of ether oxygens (including phenoxy) is 3. The van der Waals surface area contributed by atoms with Crippen LogP contribution in [0.4, 0.5) is 0 Å². The molecular weight excluding hydrogens is 180 g/mol. The lowest BCUT2D eigenvalue weighted by molar-refractivity contribution is -0.153. The summed E-state index contributed by atoms with van der Waals surface area (Å²) in [5.74, 6) is 0. The second-order valence-electron chi connectivity index (χ2n) is 3.64. The van der Waals surface area contributed by atoms with Crippen molar-refractivity contribution in [3.63, 3.8) is 0 Å². The third kappa shape index (κ3) is 1.54. The van der Waals surface area contributed by atoms with E-state index in [2.05, 4.69) is 0 Å². The minimum absolute atomic E-state index is 0.153. The van der Waals surface area contributed by atoms with Gasteiger partial charge >= 0.3 is 0 Å². The van der Waals surface area contributed by atoms with Crippen LogP contribution >= 0.6 is 0 Å². The summed E-state index contributed by atoms with van der Waals surface area (Å²) in [6.07, 6.45) is 0.342. The van der Waals surface area contributed by atoms with Crippen LogP contribution in [0.1, 0.15) is 5.56 Å².